The molecule has 1 atom stereocenters. The van der Waals surface area contributed by atoms with E-state index in [0.29, 0.717) is 5.69 Å². The van der Waals surface area contributed by atoms with Crippen LogP contribution in [0.2, 0.25) is 0 Å². The highest BCUT2D eigenvalue weighted by atomic mass is 32.2. The van der Waals surface area contributed by atoms with Crippen LogP contribution >= 0.6 is 0 Å². The van der Waals surface area contributed by atoms with Gasteiger partial charge in [0.2, 0.25) is 10.0 Å². The summed E-state index contributed by atoms with van der Waals surface area (Å²) in [5.74, 6) is -0.0369. The third-order valence-corrected chi connectivity index (χ3v) is 4.44. The second-order valence-electron chi connectivity index (χ2n) is 4.32. The van der Waals surface area contributed by atoms with Gasteiger partial charge in [-0.1, -0.05) is 5.16 Å². The molecule has 5 N–H and O–H groups in total. The molecule has 1 aromatic heterocycles. The first kappa shape index (κ1) is 12.8. The van der Waals surface area contributed by atoms with E-state index in [2.05, 4.69) is 20.1 Å². The lowest BCUT2D eigenvalue weighted by atomic mass is 10.2. The van der Waals surface area contributed by atoms with Gasteiger partial charge in [0.25, 0.3) is 0 Å². The van der Waals surface area contributed by atoms with E-state index in [1.54, 1.807) is 6.92 Å². The summed E-state index contributed by atoms with van der Waals surface area (Å²) in [4.78, 5) is 0.0684. The van der Waals surface area contributed by atoms with Crippen molar-refractivity contribution in [3.8, 4) is 0 Å². The molecular weight excluding hydrogens is 258 g/mol. The van der Waals surface area contributed by atoms with Crippen molar-refractivity contribution in [3.05, 3.63) is 11.9 Å². The lowest BCUT2D eigenvalue weighted by molar-refractivity contribution is 0.314. The first-order chi connectivity index (χ1) is 8.45. The molecule has 1 unspecified atom stereocenters. The highest BCUT2D eigenvalue weighted by Gasteiger charge is 2.37. The lowest BCUT2D eigenvalue weighted by Gasteiger charge is -2.16. The van der Waals surface area contributed by atoms with Crippen LogP contribution in [0.1, 0.15) is 18.5 Å². The molecule has 9 heteroatoms. The number of hydrogen-bond donors (Lipinski definition) is 4. The largest absolute Gasteiger partial charge is 0.409 e. The Morgan fingerprint density at radius 1 is 1.72 bits per heavy atom. The van der Waals surface area contributed by atoms with Gasteiger partial charge in [-0.2, -0.15) is 9.82 Å². The molecule has 1 aromatic rings. The number of hydrogen-bond acceptors (Lipinski definition) is 5. The van der Waals surface area contributed by atoms with E-state index < -0.39 is 16.1 Å². The van der Waals surface area contributed by atoms with E-state index in [9.17, 15) is 8.42 Å². The zero-order valence-corrected chi connectivity index (χ0v) is 10.6. The lowest BCUT2D eigenvalue weighted by Crippen LogP contribution is -2.46. The summed E-state index contributed by atoms with van der Waals surface area (Å²) in [5.41, 5.74) is 5.95. The van der Waals surface area contributed by atoms with E-state index in [0.717, 1.165) is 12.8 Å². The molecule has 0 aromatic carbocycles. The van der Waals surface area contributed by atoms with Gasteiger partial charge < -0.3 is 10.9 Å². The Hall–Kier alpha value is -1.61. The fourth-order valence-electron chi connectivity index (χ4n) is 1.73. The Morgan fingerprint density at radius 2 is 2.39 bits per heavy atom. The fourth-order valence-corrected chi connectivity index (χ4v) is 3.15. The monoisotopic (exact) mass is 273 g/mol. The van der Waals surface area contributed by atoms with Crippen LogP contribution in [-0.2, 0) is 10.0 Å². The maximum atomic E-state index is 12.1. The summed E-state index contributed by atoms with van der Waals surface area (Å²) in [6, 6.07) is -0.672. The minimum atomic E-state index is -3.72. The minimum absolute atomic E-state index is 0.0684. The number of nitrogens with one attached hydrogen (secondary N) is 2. The van der Waals surface area contributed by atoms with Crippen LogP contribution in [0.4, 0.5) is 0 Å². The maximum absolute atomic E-state index is 12.1. The van der Waals surface area contributed by atoms with Crippen LogP contribution in [0.15, 0.2) is 16.2 Å². The predicted octanol–water partition coefficient (Wildman–Crippen LogP) is -0.479. The van der Waals surface area contributed by atoms with Gasteiger partial charge in [-0.05, 0) is 25.7 Å². The number of rotatable bonds is 5. The third kappa shape index (κ3) is 2.46. The Kier molecular flexibility index (Phi) is 3.26. The molecule has 0 amide bonds. The molecule has 1 fully saturated rings. The first-order valence-electron chi connectivity index (χ1n) is 5.45. The van der Waals surface area contributed by atoms with Gasteiger partial charge in [-0.25, -0.2) is 8.42 Å². The molecular formula is C9H15N5O3S. The van der Waals surface area contributed by atoms with E-state index in [1.165, 1.54) is 6.20 Å². The van der Waals surface area contributed by atoms with Gasteiger partial charge in [0.15, 0.2) is 5.84 Å². The maximum Gasteiger partial charge on any atom is 0.244 e. The molecule has 2 rings (SSSR count). The quantitative estimate of drug-likeness (QED) is 0.249. The molecule has 0 saturated heterocycles. The first-order valence-corrected chi connectivity index (χ1v) is 6.93. The summed E-state index contributed by atoms with van der Waals surface area (Å²) in [6.07, 6.45) is 2.94. The van der Waals surface area contributed by atoms with E-state index in [4.69, 9.17) is 10.9 Å². The number of nitrogens with zero attached hydrogens (tertiary/aromatic N) is 2. The summed E-state index contributed by atoms with van der Waals surface area (Å²) in [5, 5.41) is 17.8. The molecule has 1 heterocycles. The predicted molar refractivity (Wildman–Crippen MR) is 63.6 cm³/mol. The van der Waals surface area contributed by atoms with Crippen LogP contribution in [0.5, 0.6) is 0 Å². The molecule has 0 bridgehead atoms. The van der Waals surface area contributed by atoms with Gasteiger partial charge in [0.1, 0.15) is 4.90 Å². The van der Waals surface area contributed by atoms with Gasteiger partial charge in [-0.15, -0.1) is 0 Å². The number of H-pyrrole nitrogens is 1. The normalized spacial score (nSPS) is 18.8. The number of aromatic amines is 1. The number of oxime groups is 1. The highest BCUT2D eigenvalue weighted by molar-refractivity contribution is 7.89. The molecule has 0 aliphatic heterocycles. The summed E-state index contributed by atoms with van der Waals surface area (Å²) < 4.78 is 26.7. The Labute approximate surface area is 104 Å². The van der Waals surface area contributed by atoms with Crippen LogP contribution in [0.3, 0.4) is 0 Å². The van der Waals surface area contributed by atoms with Crippen molar-refractivity contribution in [2.75, 3.05) is 0 Å². The smallest absolute Gasteiger partial charge is 0.244 e. The number of nitrogens with two attached hydrogens (primary N) is 1. The van der Waals surface area contributed by atoms with Crippen LogP contribution < -0.4 is 10.5 Å². The fraction of sp³-hybridized carbons (Fsp3) is 0.556. The van der Waals surface area contributed by atoms with Gasteiger partial charge in [-0.3, -0.25) is 5.10 Å². The Balaban J connectivity index is 2.24. The molecule has 1 aliphatic rings. The van der Waals surface area contributed by atoms with Crippen LogP contribution in [0.25, 0.3) is 0 Å². The van der Waals surface area contributed by atoms with Gasteiger partial charge in [0, 0.05) is 0 Å². The number of amidine groups is 1. The number of aromatic nitrogens is 2. The summed E-state index contributed by atoms with van der Waals surface area (Å²) in [6.45, 7) is 1.61. The van der Waals surface area contributed by atoms with Gasteiger partial charge in [0.05, 0.1) is 17.9 Å². The zero-order valence-electron chi connectivity index (χ0n) is 9.79. The topological polar surface area (TPSA) is 133 Å². The van der Waals surface area contributed by atoms with Crippen molar-refractivity contribution >= 4 is 15.9 Å². The Bertz CT molecular complexity index is 561. The SMILES string of the molecule is Cc1[nH]ncc1S(=O)(=O)NC(C(N)=NO)C1CC1. The van der Waals surface area contributed by atoms with E-state index in [1.807, 2.05) is 0 Å². The van der Waals surface area contributed by atoms with Crippen molar-refractivity contribution < 1.29 is 13.6 Å². The summed E-state index contributed by atoms with van der Waals surface area (Å²) in [7, 11) is -3.72. The van der Waals surface area contributed by atoms with Gasteiger partial charge >= 0.3 is 0 Å². The molecule has 0 radical (unpaired) electrons. The zero-order chi connectivity index (χ0) is 13.3. The van der Waals surface area contributed by atoms with E-state index in [-0.39, 0.29) is 16.6 Å². The number of aryl methyl sites for hydroxylation is 1. The molecule has 0 spiro atoms. The molecule has 100 valence electrons. The second kappa shape index (κ2) is 4.58. The molecule has 1 saturated carbocycles. The van der Waals surface area contributed by atoms with Crippen molar-refractivity contribution in [2.45, 2.75) is 30.7 Å². The minimum Gasteiger partial charge on any atom is -0.409 e. The average molecular weight is 273 g/mol. The molecule has 8 nitrogen and oxygen atoms in total. The van der Waals surface area contributed by atoms with Crippen molar-refractivity contribution in [1.82, 2.24) is 14.9 Å². The van der Waals surface area contributed by atoms with Crippen molar-refractivity contribution in [3.63, 3.8) is 0 Å². The van der Waals surface area contributed by atoms with Crippen molar-refractivity contribution in [1.29, 1.82) is 0 Å². The standard InChI is InChI=1S/C9H15N5O3S/c1-5-7(4-11-12-5)18(16,17)14-8(6-2-3-6)9(10)13-15/h4,6,8,14-15H,2-3H2,1H3,(H2,10,13)(H,11,12). The molecule has 18 heavy (non-hydrogen) atoms. The third-order valence-electron chi connectivity index (χ3n) is 2.88. The number of sulfonamides is 1. The molecule has 1 aliphatic carbocycles. The van der Waals surface area contributed by atoms with E-state index >= 15 is 0 Å². The average Bonchev–Trinajstić information content (AvgIpc) is 3.07. The van der Waals surface area contributed by atoms with Crippen LogP contribution in [0, 0.1) is 12.8 Å². The highest BCUT2D eigenvalue weighted by Crippen LogP contribution is 2.33. The second-order valence-corrected chi connectivity index (χ2v) is 6.00. The van der Waals surface area contributed by atoms with Crippen molar-refractivity contribution in [2.24, 2.45) is 16.8 Å². The Morgan fingerprint density at radius 3 is 2.83 bits per heavy atom. The van der Waals surface area contributed by atoms with Crippen LogP contribution in [-0.4, -0.2) is 35.7 Å². The summed E-state index contributed by atoms with van der Waals surface area (Å²) >= 11 is 0.